The first-order valence-corrected chi connectivity index (χ1v) is 7.39. The van der Waals surface area contributed by atoms with E-state index in [9.17, 15) is 8.42 Å². The number of sulfonamides is 1. The lowest BCUT2D eigenvalue weighted by molar-refractivity contribution is 0.529. The van der Waals surface area contributed by atoms with Gasteiger partial charge in [0.25, 0.3) is 10.0 Å². The second-order valence-electron chi connectivity index (χ2n) is 3.79. The van der Waals surface area contributed by atoms with Crippen LogP contribution >= 0.6 is 11.3 Å². The molecule has 0 aromatic carbocycles. The van der Waals surface area contributed by atoms with Crippen molar-refractivity contribution in [1.29, 1.82) is 0 Å². The highest BCUT2D eigenvalue weighted by Crippen LogP contribution is 2.24. The van der Waals surface area contributed by atoms with E-state index >= 15 is 0 Å². The molecule has 1 heterocycles. The molecule has 0 aliphatic rings. The van der Waals surface area contributed by atoms with Gasteiger partial charge in [-0.1, -0.05) is 31.6 Å². The highest BCUT2D eigenvalue weighted by molar-refractivity contribution is 7.91. The predicted molar refractivity (Wildman–Crippen MR) is 65.9 cm³/mol. The van der Waals surface area contributed by atoms with Crippen LogP contribution in [0.15, 0.2) is 4.21 Å². The molecule has 5 nitrogen and oxygen atoms in total. The Labute approximate surface area is 100 Å². The first kappa shape index (κ1) is 13.4. The summed E-state index contributed by atoms with van der Waals surface area (Å²) in [5, 5.41) is 0.279. The van der Waals surface area contributed by atoms with E-state index in [1.165, 1.54) is 0 Å². The van der Waals surface area contributed by atoms with Crippen molar-refractivity contribution in [2.45, 2.75) is 31.4 Å². The number of anilines is 1. The van der Waals surface area contributed by atoms with Gasteiger partial charge in [-0.2, -0.15) is 0 Å². The minimum Gasteiger partial charge on any atom is -0.375 e. The molecule has 0 spiro atoms. The van der Waals surface area contributed by atoms with Crippen molar-refractivity contribution in [3.8, 4) is 0 Å². The number of nitrogen functional groups attached to an aromatic ring is 1. The Bertz CT molecular complexity index is 453. The Hall–Kier alpha value is -0.660. The van der Waals surface area contributed by atoms with Gasteiger partial charge in [0.2, 0.25) is 0 Å². The summed E-state index contributed by atoms with van der Waals surface area (Å²) < 4.78 is 26.6. The third-order valence-corrected chi connectivity index (χ3v) is 5.35. The first-order chi connectivity index (χ1) is 7.36. The van der Waals surface area contributed by atoms with Gasteiger partial charge in [-0.05, 0) is 12.8 Å². The maximum atomic E-state index is 11.9. The van der Waals surface area contributed by atoms with E-state index in [4.69, 9.17) is 5.73 Å². The van der Waals surface area contributed by atoms with Gasteiger partial charge in [0, 0.05) is 6.54 Å². The smallest absolute Gasteiger partial charge is 0.252 e. The number of aromatic nitrogens is 1. The van der Waals surface area contributed by atoms with Gasteiger partial charge in [-0.15, -0.1) is 0 Å². The fourth-order valence-corrected chi connectivity index (χ4v) is 3.62. The van der Waals surface area contributed by atoms with Gasteiger partial charge in [0.15, 0.2) is 9.34 Å². The zero-order valence-electron chi connectivity index (χ0n) is 9.65. The Kier molecular flexibility index (Phi) is 4.28. The molecule has 0 aliphatic carbocycles. The van der Waals surface area contributed by atoms with Crippen LogP contribution < -0.4 is 10.5 Å². The summed E-state index contributed by atoms with van der Waals surface area (Å²) in [6.07, 6.45) is 0.937. The number of rotatable bonds is 5. The second kappa shape index (κ2) is 5.11. The number of nitrogens with one attached hydrogen (secondary N) is 1. The van der Waals surface area contributed by atoms with Gasteiger partial charge < -0.3 is 5.73 Å². The van der Waals surface area contributed by atoms with Crippen molar-refractivity contribution in [3.63, 3.8) is 0 Å². The largest absolute Gasteiger partial charge is 0.375 e. The summed E-state index contributed by atoms with van der Waals surface area (Å²) in [7, 11) is -3.45. The topological polar surface area (TPSA) is 85.1 Å². The Balaban J connectivity index is 2.82. The van der Waals surface area contributed by atoms with Crippen molar-refractivity contribution >= 4 is 26.5 Å². The lowest BCUT2D eigenvalue weighted by Gasteiger charge is -2.09. The first-order valence-electron chi connectivity index (χ1n) is 5.09. The molecule has 1 aromatic rings. The van der Waals surface area contributed by atoms with E-state index in [1.807, 2.05) is 13.8 Å². The van der Waals surface area contributed by atoms with Gasteiger partial charge in [-0.25, -0.2) is 18.1 Å². The monoisotopic (exact) mass is 263 g/mol. The number of aryl methyl sites for hydroxylation is 1. The molecule has 92 valence electrons. The summed E-state index contributed by atoms with van der Waals surface area (Å²) in [6, 6.07) is 0. The molecule has 0 bridgehead atoms. The second-order valence-corrected chi connectivity index (χ2v) is 6.78. The Morgan fingerprint density at radius 1 is 1.56 bits per heavy atom. The van der Waals surface area contributed by atoms with Crippen molar-refractivity contribution in [2.24, 2.45) is 5.92 Å². The van der Waals surface area contributed by atoms with E-state index < -0.39 is 10.0 Å². The van der Waals surface area contributed by atoms with Gasteiger partial charge in [-0.3, -0.25) is 0 Å². The fraction of sp³-hybridized carbons (Fsp3) is 0.667. The fourth-order valence-electron chi connectivity index (χ4n) is 1.11. The van der Waals surface area contributed by atoms with Gasteiger partial charge in [0.1, 0.15) is 0 Å². The number of nitrogens with two attached hydrogens (primary N) is 1. The zero-order chi connectivity index (χ0) is 12.3. The quantitative estimate of drug-likeness (QED) is 0.840. The minimum atomic E-state index is -3.45. The lowest BCUT2D eigenvalue weighted by Crippen LogP contribution is -2.28. The maximum absolute atomic E-state index is 11.9. The van der Waals surface area contributed by atoms with Crippen molar-refractivity contribution in [3.05, 3.63) is 5.69 Å². The number of nitrogens with zero attached hydrogens (tertiary/aromatic N) is 1. The molecule has 0 saturated heterocycles. The summed E-state index contributed by atoms with van der Waals surface area (Å²) in [6.45, 7) is 6.10. The third kappa shape index (κ3) is 3.16. The average Bonchev–Trinajstić information content (AvgIpc) is 2.55. The molecule has 0 fully saturated rings. The van der Waals surface area contributed by atoms with Gasteiger partial charge in [0.05, 0.1) is 5.69 Å². The maximum Gasteiger partial charge on any atom is 0.252 e. The van der Waals surface area contributed by atoms with Crippen molar-refractivity contribution in [2.75, 3.05) is 12.3 Å². The number of hydrogen-bond acceptors (Lipinski definition) is 5. The van der Waals surface area contributed by atoms with Crippen molar-refractivity contribution < 1.29 is 8.42 Å². The number of hydrogen-bond donors (Lipinski definition) is 2. The van der Waals surface area contributed by atoms with E-state index in [0.717, 1.165) is 17.8 Å². The molecule has 7 heteroatoms. The summed E-state index contributed by atoms with van der Waals surface area (Å²) >= 11 is 0.997. The average molecular weight is 263 g/mol. The SMILES string of the molecule is CCC(C)CNS(=O)(=O)c1sc(N)nc1C. The van der Waals surface area contributed by atoms with Crippen LogP contribution in [0.5, 0.6) is 0 Å². The van der Waals surface area contributed by atoms with E-state index in [1.54, 1.807) is 6.92 Å². The molecule has 0 saturated carbocycles. The van der Waals surface area contributed by atoms with Crippen LogP contribution in [0, 0.1) is 12.8 Å². The van der Waals surface area contributed by atoms with Crippen molar-refractivity contribution in [1.82, 2.24) is 9.71 Å². The normalized spacial score (nSPS) is 13.9. The summed E-state index contributed by atoms with van der Waals surface area (Å²) in [4.78, 5) is 3.90. The lowest BCUT2D eigenvalue weighted by atomic mass is 10.1. The van der Waals surface area contributed by atoms with Crippen LogP contribution in [0.2, 0.25) is 0 Å². The van der Waals surface area contributed by atoms with Crippen LogP contribution in [-0.4, -0.2) is 19.9 Å². The minimum absolute atomic E-state index is 0.216. The zero-order valence-corrected chi connectivity index (χ0v) is 11.3. The molecule has 3 N–H and O–H groups in total. The van der Waals surface area contributed by atoms with Crippen LogP contribution in [-0.2, 0) is 10.0 Å². The molecular weight excluding hydrogens is 246 g/mol. The van der Waals surface area contributed by atoms with Crippen LogP contribution in [0.3, 0.4) is 0 Å². The molecule has 1 rings (SSSR count). The molecule has 16 heavy (non-hydrogen) atoms. The van der Waals surface area contributed by atoms with E-state index in [2.05, 4.69) is 9.71 Å². The molecule has 0 radical (unpaired) electrons. The van der Waals surface area contributed by atoms with Crippen LogP contribution in [0.4, 0.5) is 5.13 Å². The molecule has 1 aromatic heterocycles. The molecule has 0 amide bonds. The van der Waals surface area contributed by atoms with E-state index in [-0.39, 0.29) is 9.34 Å². The van der Waals surface area contributed by atoms with Crippen LogP contribution in [0.1, 0.15) is 26.0 Å². The highest BCUT2D eigenvalue weighted by atomic mass is 32.2. The predicted octanol–water partition coefficient (Wildman–Crippen LogP) is 1.36. The third-order valence-electron chi connectivity index (χ3n) is 2.33. The Morgan fingerprint density at radius 3 is 2.62 bits per heavy atom. The summed E-state index contributed by atoms with van der Waals surface area (Å²) in [5.41, 5.74) is 5.93. The standard InChI is InChI=1S/C9H17N3O2S2/c1-4-6(2)5-11-16(13,14)8-7(3)12-9(10)15-8/h6,11H,4-5H2,1-3H3,(H2,10,12). The summed E-state index contributed by atoms with van der Waals surface area (Å²) in [5.74, 6) is 0.320. The molecular formula is C9H17N3O2S2. The Morgan fingerprint density at radius 2 is 2.19 bits per heavy atom. The van der Waals surface area contributed by atoms with Crippen LogP contribution in [0.25, 0.3) is 0 Å². The molecule has 0 aliphatic heterocycles. The number of thiazole rings is 1. The van der Waals surface area contributed by atoms with Gasteiger partial charge >= 0.3 is 0 Å². The molecule has 1 atom stereocenters. The molecule has 1 unspecified atom stereocenters. The van der Waals surface area contributed by atoms with E-state index in [0.29, 0.717) is 18.2 Å². The highest BCUT2D eigenvalue weighted by Gasteiger charge is 2.21.